The SMILES string of the molecule is NC1=NC(c2cccc(NC(=O)c3ccccn3)c2)(C(F)F)COC1. The third kappa shape index (κ3) is 3.48. The molecule has 1 aliphatic heterocycles. The number of carbonyl (C=O) groups is 1. The molecule has 0 fully saturated rings. The molecule has 2 aromatic rings. The number of hydrogen-bond acceptors (Lipinski definition) is 5. The van der Waals surface area contributed by atoms with Crippen molar-refractivity contribution in [3.05, 3.63) is 59.9 Å². The summed E-state index contributed by atoms with van der Waals surface area (Å²) in [4.78, 5) is 20.1. The Morgan fingerprint density at radius 1 is 1.28 bits per heavy atom. The molecule has 1 amide bonds. The summed E-state index contributed by atoms with van der Waals surface area (Å²) in [5.74, 6) is -0.429. The number of amidine groups is 1. The third-order valence-corrected chi connectivity index (χ3v) is 3.79. The quantitative estimate of drug-likeness (QED) is 0.888. The molecule has 0 saturated carbocycles. The highest BCUT2D eigenvalue weighted by atomic mass is 19.3. The van der Waals surface area contributed by atoms with Crippen LogP contribution in [0.3, 0.4) is 0 Å². The molecule has 130 valence electrons. The lowest BCUT2D eigenvalue weighted by Gasteiger charge is -2.33. The van der Waals surface area contributed by atoms with Gasteiger partial charge in [-0.15, -0.1) is 0 Å². The first-order valence-electron chi connectivity index (χ1n) is 7.54. The molecule has 3 rings (SSSR count). The van der Waals surface area contributed by atoms with Crippen molar-refractivity contribution in [3.8, 4) is 0 Å². The summed E-state index contributed by atoms with van der Waals surface area (Å²) in [5.41, 5.74) is 4.50. The van der Waals surface area contributed by atoms with Gasteiger partial charge in [-0.3, -0.25) is 14.8 Å². The Bertz CT molecular complexity index is 798. The lowest BCUT2D eigenvalue weighted by atomic mass is 9.90. The molecule has 0 bridgehead atoms. The maximum absolute atomic E-state index is 13.8. The van der Waals surface area contributed by atoms with Gasteiger partial charge in [-0.25, -0.2) is 8.78 Å². The fourth-order valence-electron chi connectivity index (χ4n) is 2.58. The number of nitrogens with two attached hydrogens (primary N) is 1. The minimum Gasteiger partial charge on any atom is -0.385 e. The number of pyridine rings is 1. The number of amides is 1. The monoisotopic (exact) mass is 346 g/mol. The third-order valence-electron chi connectivity index (χ3n) is 3.79. The van der Waals surface area contributed by atoms with E-state index in [0.717, 1.165) is 0 Å². The summed E-state index contributed by atoms with van der Waals surface area (Å²) >= 11 is 0. The molecule has 2 heterocycles. The van der Waals surface area contributed by atoms with Crippen LogP contribution in [0.25, 0.3) is 0 Å². The van der Waals surface area contributed by atoms with Crippen molar-refractivity contribution in [3.63, 3.8) is 0 Å². The molecule has 1 aromatic heterocycles. The van der Waals surface area contributed by atoms with E-state index in [1.165, 1.54) is 18.3 Å². The van der Waals surface area contributed by atoms with Gasteiger partial charge in [0.05, 0.1) is 6.61 Å². The number of rotatable bonds is 4. The summed E-state index contributed by atoms with van der Waals surface area (Å²) < 4.78 is 32.7. The molecule has 8 heteroatoms. The number of hydrogen-bond donors (Lipinski definition) is 2. The Kier molecular flexibility index (Phi) is 4.71. The van der Waals surface area contributed by atoms with Crippen LogP contribution in [0.1, 0.15) is 16.1 Å². The Labute approximate surface area is 142 Å². The first kappa shape index (κ1) is 17.0. The van der Waals surface area contributed by atoms with Gasteiger partial charge in [0.25, 0.3) is 12.3 Å². The number of aromatic nitrogens is 1. The standard InChI is InChI=1S/C17H16F2N4O2/c18-16(19)17(10-25-9-14(20)23-17)11-4-3-5-12(8-11)22-15(24)13-6-1-2-7-21-13/h1-8,16H,9-10H2,(H2,20,23)(H,22,24). The molecule has 3 N–H and O–H groups in total. The van der Waals surface area contributed by atoms with Gasteiger partial charge in [-0.1, -0.05) is 18.2 Å². The molecular formula is C17H16F2N4O2. The van der Waals surface area contributed by atoms with Gasteiger partial charge < -0.3 is 15.8 Å². The van der Waals surface area contributed by atoms with Crippen LogP contribution < -0.4 is 11.1 Å². The van der Waals surface area contributed by atoms with Crippen molar-refractivity contribution >= 4 is 17.4 Å². The molecule has 6 nitrogen and oxygen atoms in total. The maximum Gasteiger partial charge on any atom is 0.274 e. The highest BCUT2D eigenvalue weighted by molar-refractivity contribution is 6.02. The molecule has 0 radical (unpaired) electrons. The van der Waals surface area contributed by atoms with E-state index in [-0.39, 0.29) is 30.3 Å². The molecule has 1 unspecified atom stereocenters. The van der Waals surface area contributed by atoms with Crippen LogP contribution in [0.15, 0.2) is 53.7 Å². The number of benzene rings is 1. The number of ether oxygens (including phenoxy) is 1. The largest absolute Gasteiger partial charge is 0.385 e. The lowest BCUT2D eigenvalue weighted by Crippen LogP contribution is -2.44. The topological polar surface area (TPSA) is 89.6 Å². The van der Waals surface area contributed by atoms with E-state index in [1.807, 2.05) is 0 Å². The zero-order valence-electron chi connectivity index (χ0n) is 13.2. The summed E-state index contributed by atoms with van der Waals surface area (Å²) in [7, 11) is 0. The maximum atomic E-state index is 13.8. The van der Waals surface area contributed by atoms with E-state index in [1.54, 1.807) is 30.3 Å². The Morgan fingerprint density at radius 2 is 2.12 bits per heavy atom. The van der Waals surface area contributed by atoms with Crippen molar-refractivity contribution in [2.75, 3.05) is 18.5 Å². The molecule has 0 aliphatic carbocycles. The highest BCUT2D eigenvalue weighted by Gasteiger charge is 2.44. The smallest absolute Gasteiger partial charge is 0.274 e. The van der Waals surface area contributed by atoms with Crippen molar-refractivity contribution in [1.82, 2.24) is 4.98 Å². The van der Waals surface area contributed by atoms with E-state index in [9.17, 15) is 13.6 Å². The number of aliphatic imine (C=N–C) groups is 1. The molecule has 0 saturated heterocycles. The van der Waals surface area contributed by atoms with E-state index < -0.39 is 17.9 Å². The molecular weight excluding hydrogens is 330 g/mol. The molecule has 1 atom stereocenters. The van der Waals surface area contributed by atoms with Gasteiger partial charge in [0, 0.05) is 11.9 Å². The van der Waals surface area contributed by atoms with Crippen LogP contribution in [0.5, 0.6) is 0 Å². The molecule has 1 aliphatic rings. The number of anilines is 1. The van der Waals surface area contributed by atoms with Gasteiger partial charge >= 0.3 is 0 Å². The number of alkyl halides is 2. The van der Waals surface area contributed by atoms with E-state index in [4.69, 9.17) is 10.5 Å². The minimum absolute atomic E-state index is 0.00877. The van der Waals surface area contributed by atoms with Crippen LogP contribution in [-0.4, -0.2) is 36.4 Å². The summed E-state index contributed by atoms with van der Waals surface area (Å²) in [6.45, 7) is -0.270. The highest BCUT2D eigenvalue weighted by Crippen LogP contribution is 2.36. The summed E-state index contributed by atoms with van der Waals surface area (Å²) in [6, 6.07) is 11.0. The number of halogens is 2. The number of nitrogens with zero attached hydrogens (tertiary/aromatic N) is 2. The fourth-order valence-corrected chi connectivity index (χ4v) is 2.58. The second-order valence-electron chi connectivity index (χ2n) is 5.57. The first-order valence-corrected chi connectivity index (χ1v) is 7.54. The van der Waals surface area contributed by atoms with Gasteiger partial charge in [0.2, 0.25) is 0 Å². The molecule has 0 spiro atoms. The number of nitrogens with one attached hydrogen (secondary N) is 1. The summed E-state index contributed by atoms with van der Waals surface area (Å²) in [6.07, 6.45) is -1.32. The van der Waals surface area contributed by atoms with Crippen molar-refractivity contribution in [2.45, 2.75) is 12.0 Å². The Balaban J connectivity index is 1.91. The van der Waals surface area contributed by atoms with Crippen LogP contribution >= 0.6 is 0 Å². The van der Waals surface area contributed by atoms with Crippen molar-refractivity contribution < 1.29 is 18.3 Å². The van der Waals surface area contributed by atoms with Gasteiger partial charge in [0.15, 0.2) is 5.54 Å². The first-order chi connectivity index (χ1) is 12.0. The fraction of sp³-hybridized carbons (Fsp3) is 0.235. The van der Waals surface area contributed by atoms with E-state index >= 15 is 0 Å². The predicted molar refractivity (Wildman–Crippen MR) is 88.8 cm³/mol. The zero-order valence-corrected chi connectivity index (χ0v) is 13.2. The summed E-state index contributed by atoms with van der Waals surface area (Å²) in [5, 5.41) is 2.64. The lowest BCUT2D eigenvalue weighted by molar-refractivity contribution is -0.0129. The second-order valence-corrected chi connectivity index (χ2v) is 5.57. The van der Waals surface area contributed by atoms with Crippen LogP contribution in [-0.2, 0) is 10.3 Å². The van der Waals surface area contributed by atoms with Crippen LogP contribution in [0.4, 0.5) is 14.5 Å². The molecule has 1 aromatic carbocycles. The average Bonchev–Trinajstić information content (AvgIpc) is 2.62. The van der Waals surface area contributed by atoms with Crippen molar-refractivity contribution in [2.24, 2.45) is 10.7 Å². The number of carbonyl (C=O) groups excluding carboxylic acids is 1. The Morgan fingerprint density at radius 3 is 2.80 bits per heavy atom. The molecule has 25 heavy (non-hydrogen) atoms. The normalized spacial score (nSPS) is 20.2. The van der Waals surface area contributed by atoms with Gasteiger partial charge in [-0.05, 0) is 29.8 Å². The van der Waals surface area contributed by atoms with Gasteiger partial charge in [0.1, 0.15) is 18.1 Å². The van der Waals surface area contributed by atoms with E-state index in [2.05, 4.69) is 15.3 Å². The Hall–Kier alpha value is -2.87. The van der Waals surface area contributed by atoms with Crippen LogP contribution in [0.2, 0.25) is 0 Å². The van der Waals surface area contributed by atoms with Crippen LogP contribution in [0, 0.1) is 0 Å². The van der Waals surface area contributed by atoms with Crippen molar-refractivity contribution in [1.29, 1.82) is 0 Å². The minimum atomic E-state index is -2.81. The second kappa shape index (κ2) is 6.94. The average molecular weight is 346 g/mol. The van der Waals surface area contributed by atoms with E-state index in [0.29, 0.717) is 5.69 Å². The van der Waals surface area contributed by atoms with Gasteiger partial charge in [-0.2, -0.15) is 0 Å². The zero-order chi connectivity index (χ0) is 17.9. The predicted octanol–water partition coefficient (Wildman–Crippen LogP) is 2.18.